The van der Waals surface area contributed by atoms with Gasteiger partial charge in [0.25, 0.3) is 0 Å². The van der Waals surface area contributed by atoms with Crippen molar-refractivity contribution in [3.8, 4) is 44.7 Å². The minimum atomic E-state index is 0.799. The first-order valence-electron chi connectivity index (χ1n) is 20.1. The third kappa shape index (κ3) is 4.70. The number of furan rings is 3. The number of fused-ring (bicyclic) bond motifs is 10. The lowest BCUT2D eigenvalue weighted by atomic mass is 9.84. The van der Waals surface area contributed by atoms with E-state index in [4.69, 9.17) is 13.3 Å². The number of hydrogen-bond donors (Lipinski definition) is 0. The molecule has 0 saturated heterocycles. The summed E-state index contributed by atoms with van der Waals surface area (Å²) in [5.74, 6) is 0.834. The van der Waals surface area contributed by atoms with Crippen molar-refractivity contribution in [1.82, 2.24) is 0 Å². The van der Waals surface area contributed by atoms with Crippen LogP contribution in [0.25, 0.3) is 132 Å². The third-order valence-corrected chi connectivity index (χ3v) is 12.2. The van der Waals surface area contributed by atoms with Gasteiger partial charge in [-0.3, -0.25) is 0 Å². The van der Waals surface area contributed by atoms with Crippen LogP contribution in [-0.2, 0) is 0 Å². The van der Waals surface area contributed by atoms with Crippen molar-refractivity contribution in [2.24, 2.45) is 0 Å². The molecule has 0 radical (unpaired) electrons. The number of para-hydroxylation sites is 2. The summed E-state index contributed by atoms with van der Waals surface area (Å²) in [6, 6.07) is 68.9. The minimum Gasteiger partial charge on any atom is -0.456 e. The molecule has 0 aliphatic carbocycles. The van der Waals surface area contributed by atoms with Crippen LogP contribution in [-0.4, -0.2) is 0 Å². The second-order valence-electron chi connectivity index (χ2n) is 15.5. The van der Waals surface area contributed by atoms with Gasteiger partial charge in [-0.05, 0) is 85.4 Å². The third-order valence-electron chi connectivity index (χ3n) is 12.2. The highest BCUT2D eigenvalue weighted by atomic mass is 16.3. The molecule has 3 aromatic heterocycles. The van der Waals surface area contributed by atoms with Crippen LogP contribution < -0.4 is 0 Å². The van der Waals surface area contributed by atoms with Crippen LogP contribution in [0, 0.1) is 0 Å². The SMILES string of the molecule is c1ccc(-c2c(-c3ccc4ccccc4c3)oc3c(-c4c5ccccc5c(-c5ccc6oc7ccccc7c6c5)c5ccccc45)c4oc5ccccc5c4cc23)cc1. The van der Waals surface area contributed by atoms with E-state index in [9.17, 15) is 0 Å². The molecule has 3 nitrogen and oxygen atoms in total. The summed E-state index contributed by atoms with van der Waals surface area (Å²) in [6.45, 7) is 0. The van der Waals surface area contributed by atoms with E-state index < -0.39 is 0 Å². The molecule has 13 aromatic rings. The fourth-order valence-electron chi connectivity index (χ4n) is 9.65. The van der Waals surface area contributed by atoms with Crippen molar-refractivity contribution in [2.75, 3.05) is 0 Å². The predicted molar refractivity (Wildman–Crippen MR) is 245 cm³/mol. The van der Waals surface area contributed by atoms with Crippen molar-refractivity contribution < 1.29 is 13.3 Å². The van der Waals surface area contributed by atoms with E-state index in [0.29, 0.717) is 0 Å². The molecule has 0 atom stereocenters. The highest BCUT2D eigenvalue weighted by Gasteiger charge is 2.28. The van der Waals surface area contributed by atoms with Gasteiger partial charge in [-0.2, -0.15) is 0 Å². The zero-order valence-electron chi connectivity index (χ0n) is 31.7. The van der Waals surface area contributed by atoms with Gasteiger partial charge in [0.2, 0.25) is 0 Å². The second-order valence-corrected chi connectivity index (χ2v) is 15.5. The first-order valence-corrected chi connectivity index (χ1v) is 20.1. The zero-order chi connectivity index (χ0) is 38.6. The van der Waals surface area contributed by atoms with Crippen LogP contribution in [0.15, 0.2) is 207 Å². The van der Waals surface area contributed by atoms with Gasteiger partial charge < -0.3 is 13.3 Å². The standard InChI is InChI=1S/C56H32O3/c1-2-15-34(16-3-1)51-46-32-45-39-19-11-13-25-48(39)58-55(45)53(56(46)59-54(51)37-27-26-33-14-4-5-17-35(33)30-37)52-42-22-8-6-20-40(42)50(41-21-7-9-23-43(41)52)36-28-29-49-44(31-36)38-18-10-12-24-47(38)57-49/h1-32H. The first kappa shape index (κ1) is 32.2. The monoisotopic (exact) mass is 752 g/mol. The minimum absolute atomic E-state index is 0.799. The Bertz CT molecular complexity index is 3780. The highest BCUT2D eigenvalue weighted by Crippen LogP contribution is 2.53. The van der Waals surface area contributed by atoms with Gasteiger partial charge in [0.05, 0.1) is 5.56 Å². The van der Waals surface area contributed by atoms with Crippen LogP contribution in [0.2, 0.25) is 0 Å². The molecule has 13 rings (SSSR count). The molecular weight excluding hydrogens is 721 g/mol. The van der Waals surface area contributed by atoms with Crippen molar-refractivity contribution in [3.63, 3.8) is 0 Å². The maximum Gasteiger partial charge on any atom is 0.147 e. The van der Waals surface area contributed by atoms with Crippen LogP contribution >= 0.6 is 0 Å². The van der Waals surface area contributed by atoms with Gasteiger partial charge in [-0.25, -0.2) is 0 Å². The quantitative estimate of drug-likeness (QED) is 0.168. The highest BCUT2D eigenvalue weighted by molar-refractivity contribution is 6.29. The summed E-state index contributed by atoms with van der Waals surface area (Å²) in [5, 5.41) is 12.3. The maximum atomic E-state index is 7.40. The summed E-state index contributed by atoms with van der Waals surface area (Å²) < 4.78 is 20.7. The smallest absolute Gasteiger partial charge is 0.147 e. The van der Waals surface area contributed by atoms with Crippen LogP contribution in [0.5, 0.6) is 0 Å². The fourth-order valence-corrected chi connectivity index (χ4v) is 9.65. The molecule has 10 aromatic carbocycles. The van der Waals surface area contributed by atoms with Crippen LogP contribution in [0.1, 0.15) is 0 Å². The maximum absolute atomic E-state index is 7.40. The summed E-state index contributed by atoms with van der Waals surface area (Å²) in [5.41, 5.74) is 11.8. The lowest BCUT2D eigenvalue weighted by molar-refractivity contribution is 0.630. The summed E-state index contributed by atoms with van der Waals surface area (Å²) in [7, 11) is 0. The lowest BCUT2D eigenvalue weighted by Crippen LogP contribution is -1.92. The molecule has 0 unspecified atom stereocenters. The lowest BCUT2D eigenvalue weighted by Gasteiger charge is -2.18. The van der Waals surface area contributed by atoms with Gasteiger partial charge in [-0.15, -0.1) is 0 Å². The Hall–Kier alpha value is -7.88. The normalized spacial score (nSPS) is 12.1. The molecule has 0 N–H and O–H groups in total. The van der Waals surface area contributed by atoms with Crippen LogP contribution in [0.3, 0.4) is 0 Å². The average molecular weight is 753 g/mol. The van der Waals surface area contributed by atoms with E-state index in [0.717, 1.165) is 116 Å². The molecule has 0 aliphatic heterocycles. The Morgan fingerprint density at radius 1 is 0.237 bits per heavy atom. The van der Waals surface area contributed by atoms with Crippen molar-refractivity contribution in [3.05, 3.63) is 194 Å². The largest absolute Gasteiger partial charge is 0.456 e. The molecule has 0 saturated carbocycles. The fraction of sp³-hybridized carbons (Fsp3) is 0. The molecule has 274 valence electrons. The van der Waals surface area contributed by atoms with Crippen molar-refractivity contribution in [2.45, 2.75) is 0 Å². The van der Waals surface area contributed by atoms with E-state index in [1.807, 2.05) is 18.2 Å². The van der Waals surface area contributed by atoms with E-state index in [1.54, 1.807) is 0 Å². The summed E-state index contributed by atoms with van der Waals surface area (Å²) >= 11 is 0. The number of hydrogen-bond acceptors (Lipinski definition) is 3. The first-order chi connectivity index (χ1) is 29.3. The van der Waals surface area contributed by atoms with Gasteiger partial charge in [0.1, 0.15) is 33.7 Å². The summed E-state index contributed by atoms with van der Waals surface area (Å²) in [4.78, 5) is 0. The molecule has 0 fully saturated rings. The van der Waals surface area contributed by atoms with Crippen molar-refractivity contribution >= 4 is 87.2 Å². The Labute approximate surface area is 337 Å². The second kappa shape index (κ2) is 12.3. The molecule has 0 spiro atoms. The molecule has 59 heavy (non-hydrogen) atoms. The molecular formula is C56H32O3. The molecule has 0 aliphatic rings. The molecule has 3 heteroatoms. The van der Waals surface area contributed by atoms with E-state index in [2.05, 4.69) is 176 Å². The Kier molecular flexibility index (Phi) is 6.72. The Balaban J connectivity index is 1.20. The van der Waals surface area contributed by atoms with E-state index >= 15 is 0 Å². The summed E-state index contributed by atoms with van der Waals surface area (Å²) in [6.07, 6.45) is 0. The Morgan fingerprint density at radius 2 is 0.780 bits per heavy atom. The predicted octanol–water partition coefficient (Wildman–Crippen LogP) is 16.4. The van der Waals surface area contributed by atoms with Crippen molar-refractivity contribution in [1.29, 1.82) is 0 Å². The number of rotatable bonds is 4. The van der Waals surface area contributed by atoms with Gasteiger partial charge in [0.15, 0.2) is 0 Å². The Morgan fingerprint density at radius 3 is 1.51 bits per heavy atom. The van der Waals surface area contributed by atoms with E-state index in [1.165, 1.54) is 16.3 Å². The molecule has 3 heterocycles. The average Bonchev–Trinajstić information content (AvgIpc) is 3.99. The van der Waals surface area contributed by atoms with Crippen LogP contribution in [0.4, 0.5) is 0 Å². The van der Waals surface area contributed by atoms with Gasteiger partial charge >= 0.3 is 0 Å². The van der Waals surface area contributed by atoms with Gasteiger partial charge in [0, 0.05) is 43.6 Å². The molecule has 0 bridgehead atoms. The number of benzene rings is 10. The molecule has 0 amide bonds. The van der Waals surface area contributed by atoms with Gasteiger partial charge in [-0.1, -0.05) is 158 Å². The van der Waals surface area contributed by atoms with E-state index in [-0.39, 0.29) is 0 Å². The topological polar surface area (TPSA) is 39.4 Å². The zero-order valence-corrected chi connectivity index (χ0v) is 31.7.